The molecule has 2 aliphatic rings. The van der Waals surface area contributed by atoms with Gasteiger partial charge >= 0.3 is 0 Å². The Bertz CT molecular complexity index is 839. The Hall–Kier alpha value is -2.51. The Morgan fingerprint density at radius 1 is 1.39 bits per heavy atom. The van der Waals surface area contributed by atoms with Crippen molar-refractivity contribution >= 4 is 17.5 Å². The van der Waals surface area contributed by atoms with Gasteiger partial charge < -0.3 is 9.64 Å². The lowest BCUT2D eigenvalue weighted by molar-refractivity contribution is -0.126. The van der Waals surface area contributed by atoms with Crippen LogP contribution in [0, 0.1) is 23.2 Å². The van der Waals surface area contributed by atoms with Crippen LogP contribution in [0.4, 0.5) is 0 Å². The van der Waals surface area contributed by atoms with E-state index in [1.807, 2.05) is 24.0 Å². The summed E-state index contributed by atoms with van der Waals surface area (Å²) in [7, 11) is 0. The number of hydrogen-bond donors (Lipinski definition) is 0. The normalized spacial score (nSPS) is 24.2. The number of benzene rings is 1. The van der Waals surface area contributed by atoms with Gasteiger partial charge in [0.1, 0.15) is 11.8 Å². The highest BCUT2D eigenvalue weighted by Gasteiger charge is 2.43. The smallest absolute Gasteiger partial charge is 0.253 e. The number of allylic oxidation sites excluding steroid dienone is 3. The van der Waals surface area contributed by atoms with Crippen molar-refractivity contribution < 1.29 is 9.53 Å². The average molecular weight is 397 g/mol. The van der Waals surface area contributed by atoms with Crippen LogP contribution in [-0.4, -0.2) is 30.0 Å². The van der Waals surface area contributed by atoms with Crippen LogP contribution in [0.2, 0.25) is 5.02 Å². The molecule has 2 fully saturated rings. The van der Waals surface area contributed by atoms with Gasteiger partial charge in [-0.3, -0.25) is 4.79 Å². The summed E-state index contributed by atoms with van der Waals surface area (Å²) in [6.45, 7) is 7.31. The van der Waals surface area contributed by atoms with Crippen molar-refractivity contribution in [3.8, 4) is 11.8 Å². The summed E-state index contributed by atoms with van der Waals surface area (Å²) < 4.78 is 6.09. The van der Waals surface area contributed by atoms with E-state index in [4.69, 9.17) is 21.6 Å². The van der Waals surface area contributed by atoms with Gasteiger partial charge in [-0.1, -0.05) is 49.4 Å². The molecule has 2 atom stereocenters. The van der Waals surface area contributed by atoms with Crippen LogP contribution in [0.5, 0.6) is 5.75 Å². The third-order valence-corrected chi connectivity index (χ3v) is 5.75. The summed E-state index contributed by atoms with van der Waals surface area (Å²) in [4.78, 5) is 14.8. The molecule has 1 heterocycles. The van der Waals surface area contributed by atoms with Crippen molar-refractivity contribution in [2.24, 2.45) is 11.8 Å². The Balaban J connectivity index is 1.58. The minimum atomic E-state index is 0.0790. The monoisotopic (exact) mass is 396 g/mol. The summed E-state index contributed by atoms with van der Waals surface area (Å²) in [6, 6.07) is 7.24. The molecule has 5 heteroatoms. The maximum Gasteiger partial charge on any atom is 0.253 e. The van der Waals surface area contributed by atoms with E-state index < -0.39 is 0 Å². The van der Waals surface area contributed by atoms with Crippen molar-refractivity contribution in [3.63, 3.8) is 0 Å². The molecule has 1 aromatic rings. The largest absolute Gasteiger partial charge is 0.490 e. The van der Waals surface area contributed by atoms with Gasteiger partial charge in [-0.25, -0.2) is 0 Å². The van der Waals surface area contributed by atoms with Crippen molar-refractivity contribution in [1.82, 2.24) is 4.90 Å². The second-order valence-electron chi connectivity index (χ2n) is 7.36. The minimum absolute atomic E-state index is 0.0790. The molecule has 1 saturated carbocycles. The first-order valence-electron chi connectivity index (χ1n) is 9.70. The molecule has 0 spiro atoms. The molecule has 1 saturated heterocycles. The second-order valence-corrected chi connectivity index (χ2v) is 7.77. The van der Waals surface area contributed by atoms with Crippen molar-refractivity contribution in [2.45, 2.75) is 32.3 Å². The molecular weight excluding hydrogens is 372 g/mol. The minimum Gasteiger partial charge on any atom is -0.490 e. The number of rotatable bonds is 6. The predicted molar refractivity (Wildman–Crippen MR) is 111 cm³/mol. The third kappa shape index (κ3) is 4.48. The van der Waals surface area contributed by atoms with Crippen LogP contribution in [0.15, 0.2) is 54.7 Å². The Kier molecular flexibility index (Phi) is 6.59. The molecular formula is C23H25ClN2O2. The maximum absolute atomic E-state index is 12.8. The molecule has 28 heavy (non-hydrogen) atoms. The number of carbonyl (C=O) groups is 1. The molecule has 4 nitrogen and oxygen atoms in total. The van der Waals surface area contributed by atoms with Gasteiger partial charge in [0.25, 0.3) is 5.91 Å². The maximum atomic E-state index is 12.8. The number of halogens is 1. The fourth-order valence-electron chi connectivity index (χ4n) is 4.11. The zero-order chi connectivity index (χ0) is 20.1. The van der Waals surface area contributed by atoms with E-state index in [0.29, 0.717) is 33.7 Å². The molecule has 1 aromatic carbocycles. The standard InChI is InChI=1S/C23H25ClN2O2/c1-3-5-7-16(6-4-2)23(27)26-14-18-10-21(11-19(18)15-26)28-20-9-8-17(13-25)22(24)12-20/h4-9,12,18-19,21H,2-3,10-11,14-15H2,1H3/b7-5-,16-6+. The number of fused-ring (bicyclic) bond motifs is 1. The van der Waals surface area contributed by atoms with Gasteiger partial charge in [-0.05, 0) is 43.2 Å². The Morgan fingerprint density at radius 3 is 2.68 bits per heavy atom. The van der Waals surface area contributed by atoms with Gasteiger partial charge in [-0.15, -0.1) is 0 Å². The Labute approximate surface area is 171 Å². The number of hydrogen-bond acceptors (Lipinski definition) is 3. The molecule has 3 rings (SSSR count). The lowest BCUT2D eigenvalue weighted by Gasteiger charge is -2.20. The number of likely N-dealkylation sites (tertiary alicyclic amines) is 1. The fourth-order valence-corrected chi connectivity index (χ4v) is 4.32. The van der Waals surface area contributed by atoms with E-state index in [0.717, 1.165) is 32.4 Å². The van der Waals surface area contributed by atoms with Crippen molar-refractivity contribution in [2.75, 3.05) is 13.1 Å². The van der Waals surface area contributed by atoms with Crippen LogP contribution in [0.3, 0.4) is 0 Å². The third-order valence-electron chi connectivity index (χ3n) is 5.44. The molecule has 146 valence electrons. The summed E-state index contributed by atoms with van der Waals surface area (Å²) in [6.07, 6.45) is 10.2. The first-order chi connectivity index (χ1) is 13.5. The van der Waals surface area contributed by atoms with Crippen molar-refractivity contribution in [1.29, 1.82) is 5.26 Å². The van der Waals surface area contributed by atoms with Gasteiger partial charge in [0.05, 0.1) is 16.7 Å². The van der Waals surface area contributed by atoms with Crippen molar-refractivity contribution in [3.05, 3.63) is 65.2 Å². The lowest BCUT2D eigenvalue weighted by Crippen LogP contribution is -2.31. The number of nitriles is 1. The van der Waals surface area contributed by atoms with E-state index in [2.05, 4.69) is 12.6 Å². The summed E-state index contributed by atoms with van der Waals surface area (Å²) in [5.74, 6) is 1.70. The summed E-state index contributed by atoms with van der Waals surface area (Å²) in [5.41, 5.74) is 1.14. The highest BCUT2D eigenvalue weighted by Crippen LogP contribution is 2.40. The van der Waals surface area contributed by atoms with Crippen LogP contribution in [0.1, 0.15) is 31.7 Å². The van der Waals surface area contributed by atoms with E-state index in [1.54, 1.807) is 30.4 Å². The molecule has 0 aromatic heterocycles. The van der Waals surface area contributed by atoms with Crippen LogP contribution < -0.4 is 4.74 Å². The molecule has 2 unspecified atom stereocenters. The van der Waals surface area contributed by atoms with Gasteiger partial charge in [0.2, 0.25) is 0 Å². The number of amides is 1. The summed E-state index contributed by atoms with van der Waals surface area (Å²) in [5, 5.41) is 9.39. The number of ether oxygens (including phenoxy) is 1. The second kappa shape index (κ2) is 9.12. The average Bonchev–Trinajstić information content (AvgIpc) is 3.23. The van der Waals surface area contributed by atoms with E-state index in [1.165, 1.54) is 0 Å². The van der Waals surface area contributed by atoms with E-state index in [9.17, 15) is 4.79 Å². The quantitative estimate of drug-likeness (QED) is 0.507. The van der Waals surface area contributed by atoms with E-state index >= 15 is 0 Å². The Morgan fingerprint density at radius 2 is 2.11 bits per heavy atom. The topological polar surface area (TPSA) is 53.3 Å². The van der Waals surface area contributed by atoms with E-state index in [-0.39, 0.29) is 12.0 Å². The number of nitrogens with zero attached hydrogens (tertiary/aromatic N) is 2. The highest BCUT2D eigenvalue weighted by atomic mass is 35.5. The molecule has 0 N–H and O–H groups in total. The first kappa shape index (κ1) is 20.2. The molecule has 0 bridgehead atoms. The number of carbonyl (C=O) groups excluding carboxylic acids is 1. The predicted octanol–water partition coefficient (Wildman–Crippen LogP) is 4.91. The highest BCUT2D eigenvalue weighted by molar-refractivity contribution is 6.31. The first-order valence-corrected chi connectivity index (χ1v) is 10.1. The zero-order valence-corrected chi connectivity index (χ0v) is 16.9. The van der Waals surface area contributed by atoms with Crippen LogP contribution >= 0.6 is 11.6 Å². The lowest BCUT2D eigenvalue weighted by atomic mass is 10.0. The molecule has 0 radical (unpaired) electrons. The molecule has 1 aliphatic heterocycles. The van der Waals surface area contributed by atoms with Crippen LogP contribution in [-0.2, 0) is 4.79 Å². The fraction of sp³-hybridized carbons (Fsp3) is 0.391. The molecule has 1 aliphatic carbocycles. The SMILES string of the molecule is C=C/C=C(\C=C/CC)C(=O)N1CC2CC(Oc3ccc(C#N)c(Cl)c3)CC2C1. The summed E-state index contributed by atoms with van der Waals surface area (Å²) >= 11 is 6.09. The van der Waals surface area contributed by atoms with Gasteiger partial charge in [-0.2, -0.15) is 5.26 Å². The van der Waals surface area contributed by atoms with Gasteiger partial charge in [0, 0.05) is 24.7 Å². The zero-order valence-electron chi connectivity index (χ0n) is 16.1. The van der Waals surface area contributed by atoms with Gasteiger partial charge in [0.15, 0.2) is 0 Å². The molecule has 1 amide bonds. The van der Waals surface area contributed by atoms with Crippen LogP contribution in [0.25, 0.3) is 0 Å².